The second-order valence-electron chi connectivity index (χ2n) is 2.64. The lowest BCUT2D eigenvalue weighted by Gasteiger charge is -2.06. The van der Waals surface area contributed by atoms with Crippen LogP contribution in [0.3, 0.4) is 0 Å². The van der Waals surface area contributed by atoms with Crippen LogP contribution in [0.2, 0.25) is 0 Å². The van der Waals surface area contributed by atoms with E-state index in [-0.39, 0.29) is 15.6 Å². The zero-order valence-corrected chi connectivity index (χ0v) is 8.75. The molecule has 78 valence electrons. The van der Waals surface area contributed by atoms with Crippen molar-refractivity contribution in [2.24, 2.45) is 0 Å². The Morgan fingerprint density at radius 2 is 2.13 bits per heavy atom. The van der Waals surface area contributed by atoms with Crippen LogP contribution in [0.25, 0.3) is 0 Å². The lowest BCUT2D eigenvalue weighted by atomic mass is 10.1. The molecule has 0 atom stereocenters. The Hall–Kier alpha value is -1.48. The van der Waals surface area contributed by atoms with Gasteiger partial charge in [-0.1, -0.05) is 0 Å². The number of carboxylic acid groups (broad SMARTS) is 1. The van der Waals surface area contributed by atoms with E-state index in [0.29, 0.717) is 0 Å². The van der Waals surface area contributed by atoms with Gasteiger partial charge in [-0.15, -0.1) is 0 Å². The van der Waals surface area contributed by atoms with E-state index in [1.54, 1.807) is 6.07 Å². The van der Waals surface area contributed by atoms with Gasteiger partial charge in [0, 0.05) is 10.0 Å². The third kappa shape index (κ3) is 2.30. The molecular weight excluding hydrogens is 272 g/mol. The van der Waals surface area contributed by atoms with Crippen molar-refractivity contribution in [2.75, 3.05) is 0 Å². The molecular formula is C9H4BrF2NO2. The van der Waals surface area contributed by atoms with Crippen LogP contribution in [0.5, 0.6) is 0 Å². The fourth-order valence-electron chi connectivity index (χ4n) is 1.03. The molecule has 6 heteroatoms. The Morgan fingerprint density at radius 1 is 1.53 bits per heavy atom. The Kier molecular flexibility index (Phi) is 3.37. The monoisotopic (exact) mass is 275 g/mol. The molecule has 0 aliphatic carbocycles. The number of nitriles is 1. The third-order valence-corrected chi connectivity index (χ3v) is 2.38. The molecule has 3 nitrogen and oxygen atoms in total. The standard InChI is InChI=1S/C9H4BrF2NO2/c10-7-1-4(3-13)5(8(11)12)2-6(7)9(14)15/h1-2,8H,(H,14,15). The molecule has 0 saturated heterocycles. The number of benzene rings is 1. The predicted octanol–water partition coefficient (Wildman–Crippen LogP) is 2.96. The average molecular weight is 276 g/mol. The topological polar surface area (TPSA) is 61.1 Å². The Morgan fingerprint density at radius 3 is 2.53 bits per heavy atom. The van der Waals surface area contributed by atoms with Crippen LogP contribution in [0, 0.1) is 11.3 Å². The van der Waals surface area contributed by atoms with Crippen LogP contribution < -0.4 is 0 Å². The molecule has 0 radical (unpaired) electrons. The van der Waals surface area contributed by atoms with Crippen molar-refractivity contribution in [3.8, 4) is 6.07 Å². The van der Waals surface area contributed by atoms with E-state index in [1.807, 2.05) is 0 Å². The molecule has 1 aromatic rings. The molecule has 0 aliphatic heterocycles. The first-order valence-corrected chi connectivity index (χ1v) is 4.51. The summed E-state index contributed by atoms with van der Waals surface area (Å²) in [4.78, 5) is 10.6. The fraction of sp³-hybridized carbons (Fsp3) is 0.111. The molecule has 0 unspecified atom stereocenters. The van der Waals surface area contributed by atoms with Crippen molar-refractivity contribution < 1.29 is 18.7 Å². The number of halogens is 3. The Balaban J connectivity index is 3.45. The summed E-state index contributed by atoms with van der Waals surface area (Å²) in [6.07, 6.45) is -2.87. The van der Waals surface area contributed by atoms with Gasteiger partial charge in [0.05, 0.1) is 17.2 Å². The summed E-state index contributed by atoms with van der Waals surface area (Å²) in [5.41, 5.74) is -1.09. The quantitative estimate of drug-likeness (QED) is 0.903. The second-order valence-corrected chi connectivity index (χ2v) is 3.49. The van der Waals surface area contributed by atoms with Gasteiger partial charge in [0.15, 0.2) is 0 Å². The smallest absolute Gasteiger partial charge is 0.336 e. The van der Waals surface area contributed by atoms with E-state index in [2.05, 4.69) is 15.9 Å². The first-order chi connectivity index (χ1) is 6.97. The predicted molar refractivity (Wildman–Crippen MR) is 50.8 cm³/mol. The highest BCUT2D eigenvalue weighted by molar-refractivity contribution is 9.10. The van der Waals surface area contributed by atoms with Crippen molar-refractivity contribution in [1.82, 2.24) is 0 Å². The molecule has 0 heterocycles. The number of rotatable bonds is 2. The molecule has 1 rings (SSSR count). The molecule has 0 saturated carbocycles. The Labute approximate surface area is 92.1 Å². The highest BCUT2D eigenvalue weighted by Crippen LogP contribution is 2.28. The van der Waals surface area contributed by atoms with Gasteiger partial charge >= 0.3 is 5.97 Å². The number of hydrogen-bond donors (Lipinski definition) is 1. The Bertz CT molecular complexity index is 454. The average Bonchev–Trinajstić information content (AvgIpc) is 2.16. The summed E-state index contributed by atoms with van der Waals surface area (Å²) in [6.45, 7) is 0. The number of alkyl halides is 2. The molecule has 0 bridgehead atoms. The maximum Gasteiger partial charge on any atom is 0.336 e. The van der Waals surface area contributed by atoms with Crippen molar-refractivity contribution in [3.05, 3.63) is 33.3 Å². The minimum atomic E-state index is -2.87. The van der Waals surface area contributed by atoms with Crippen molar-refractivity contribution in [3.63, 3.8) is 0 Å². The summed E-state index contributed by atoms with van der Waals surface area (Å²) in [6, 6.07) is 3.46. The summed E-state index contributed by atoms with van der Waals surface area (Å²) in [5.74, 6) is -1.33. The SMILES string of the molecule is N#Cc1cc(Br)c(C(=O)O)cc1C(F)F. The van der Waals surface area contributed by atoms with E-state index in [1.165, 1.54) is 0 Å². The van der Waals surface area contributed by atoms with E-state index in [9.17, 15) is 13.6 Å². The largest absolute Gasteiger partial charge is 0.478 e. The van der Waals surface area contributed by atoms with E-state index < -0.39 is 18.0 Å². The molecule has 1 N–H and O–H groups in total. The summed E-state index contributed by atoms with van der Waals surface area (Å²) in [5, 5.41) is 17.2. The van der Waals surface area contributed by atoms with Gasteiger partial charge in [0.2, 0.25) is 0 Å². The molecule has 0 fully saturated rings. The first kappa shape index (κ1) is 11.6. The fourth-order valence-corrected chi connectivity index (χ4v) is 1.54. The van der Waals surface area contributed by atoms with Gasteiger partial charge in [-0.3, -0.25) is 0 Å². The highest BCUT2D eigenvalue weighted by Gasteiger charge is 2.18. The first-order valence-electron chi connectivity index (χ1n) is 3.72. The molecule has 0 amide bonds. The molecule has 0 spiro atoms. The lowest BCUT2D eigenvalue weighted by molar-refractivity contribution is 0.0695. The highest BCUT2D eigenvalue weighted by atomic mass is 79.9. The minimum Gasteiger partial charge on any atom is -0.478 e. The van der Waals surface area contributed by atoms with Gasteiger partial charge in [0.1, 0.15) is 0 Å². The van der Waals surface area contributed by atoms with Crippen LogP contribution in [-0.4, -0.2) is 11.1 Å². The summed E-state index contributed by atoms with van der Waals surface area (Å²) in [7, 11) is 0. The number of carbonyl (C=O) groups is 1. The van der Waals surface area contributed by atoms with E-state index in [4.69, 9.17) is 10.4 Å². The van der Waals surface area contributed by atoms with Crippen LogP contribution in [0.4, 0.5) is 8.78 Å². The molecule has 0 aromatic heterocycles. The summed E-state index contributed by atoms with van der Waals surface area (Å²) < 4.78 is 25.0. The van der Waals surface area contributed by atoms with Gasteiger partial charge in [-0.05, 0) is 28.1 Å². The number of nitrogens with zero attached hydrogens (tertiary/aromatic N) is 1. The van der Waals surface area contributed by atoms with Crippen molar-refractivity contribution in [2.45, 2.75) is 6.43 Å². The molecule has 0 aliphatic rings. The second kappa shape index (κ2) is 4.36. The number of hydrogen-bond acceptors (Lipinski definition) is 2. The molecule has 15 heavy (non-hydrogen) atoms. The van der Waals surface area contributed by atoms with Gasteiger partial charge in [0.25, 0.3) is 6.43 Å². The maximum atomic E-state index is 12.4. The van der Waals surface area contributed by atoms with Crippen LogP contribution >= 0.6 is 15.9 Å². The zero-order valence-electron chi connectivity index (χ0n) is 7.17. The normalized spacial score (nSPS) is 10.1. The number of aromatic carboxylic acids is 1. The maximum absolute atomic E-state index is 12.4. The van der Waals surface area contributed by atoms with E-state index in [0.717, 1.165) is 12.1 Å². The van der Waals surface area contributed by atoms with Crippen molar-refractivity contribution in [1.29, 1.82) is 5.26 Å². The van der Waals surface area contributed by atoms with Gasteiger partial charge < -0.3 is 5.11 Å². The van der Waals surface area contributed by atoms with Crippen LogP contribution in [0.15, 0.2) is 16.6 Å². The van der Waals surface area contributed by atoms with E-state index >= 15 is 0 Å². The molecule has 1 aromatic carbocycles. The third-order valence-electron chi connectivity index (χ3n) is 1.73. The van der Waals surface area contributed by atoms with Crippen LogP contribution in [0.1, 0.15) is 27.9 Å². The zero-order chi connectivity index (χ0) is 11.6. The van der Waals surface area contributed by atoms with Crippen molar-refractivity contribution >= 4 is 21.9 Å². The van der Waals surface area contributed by atoms with Crippen LogP contribution in [-0.2, 0) is 0 Å². The lowest BCUT2D eigenvalue weighted by Crippen LogP contribution is -2.01. The minimum absolute atomic E-state index is 0.107. The van der Waals surface area contributed by atoms with Gasteiger partial charge in [-0.2, -0.15) is 5.26 Å². The summed E-state index contributed by atoms with van der Waals surface area (Å²) >= 11 is 2.89. The number of carboxylic acids is 1. The van der Waals surface area contributed by atoms with Gasteiger partial charge in [-0.25, -0.2) is 13.6 Å².